The van der Waals surface area contributed by atoms with Crippen LogP contribution < -0.4 is 5.32 Å². The maximum absolute atomic E-state index is 12.0. The highest BCUT2D eigenvalue weighted by atomic mass is 19.4. The lowest BCUT2D eigenvalue weighted by Gasteiger charge is -2.07. The van der Waals surface area contributed by atoms with Crippen LogP contribution in [0.2, 0.25) is 0 Å². The molecule has 2 rings (SSSR count). The molecule has 132 valence electrons. The summed E-state index contributed by atoms with van der Waals surface area (Å²) in [4.78, 5) is 23.4. The molecule has 2 amide bonds. The van der Waals surface area contributed by atoms with Crippen LogP contribution in [0.25, 0.3) is 0 Å². The summed E-state index contributed by atoms with van der Waals surface area (Å²) in [7, 11) is 0. The van der Waals surface area contributed by atoms with Gasteiger partial charge in [0.2, 0.25) is 0 Å². The zero-order valence-corrected chi connectivity index (χ0v) is 13.5. The van der Waals surface area contributed by atoms with Gasteiger partial charge in [-0.05, 0) is 30.9 Å². The van der Waals surface area contributed by atoms with Crippen molar-refractivity contribution >= 4 is 11.8 Å². The Balaban J connectivity index is 1.62. The number of alkyl halides is 3. The fourth-order valence-electron chi connectivity index (χ4n) is 3.02. The second-order valence-corrected chi connectivity index (χ2v) is 6.21. The molecule has 0 aliphatic carbocycles. The number of benzene rings is 1. The minimum Gasteiger partial charge on any atom is -0.288 e. The summed E-state index contributed by atoms with van der Waals surface area (Å²) in [5.74, 6) is -0.661. The molecule has 1 aliphatic rings. The van der Waals surface area contributed by atoms with Gasteiger partial charge in [0.25, 0.3) is 11.8 Å². The molecule has 1 aromatic carbocycles. The molecule has 0 aromatic heterocycles. The molecule has 3 nitrogen and oxygen atoms in total. The average Bonchev–Trinajstić information content (AvgIpc) is 2.80. The van der Waals surface area contributed by atoms with E-state index in [1.165, 1.54) is 0 Å². The molecule has 0 bridgehead atoms. The fraction of sp³-hybridized carbons (Fsp3) is 0.556. The molecule has 1 heterocycles. The van der Waals surface area contributed by atoms with Crippen molar-refractivity contribution in [2.24, 2.45) is 0 Å². The number of carbonyl (C=O) groups excluding carboxylic acids is 2. The number of hydrogen-bond donors (Lipinski definition) is 1. The van der Waals surface area contributed by atoms with E-state index in [0.29, 0.717) is 17.5 Å². The van der Waals surface area contributed by atoms with Crippen molar-refractivity contribution in [3.8, 4) is 0 Å². The topological polar surface area (TPSA) is 46.2 Å². The van der Waals surface area contributed by atoms with Gasteiger partial charge >= 0.3 is 6.18 Å². The third-order valence-electron chi connectivity index (χ3n) is 4.26. The Morgan fingerprint density at radius 1 is 0.833 bits per heavy atom. The molecule has 0 saturated carbocycles. The highest BCUT2D eigenvalue weighted by Gasteiger charge is 2.28. The van der Waals surface area contributed by atoms with Crippen molar-refractivity contribution in [3.63, 3.8) is 0 Å². The molecule has 0 unspecified atom stereocenters. The van der Waals surface area contributed by atoms with E-state index >= 15 is 0 Å². The monoisotopic (exact) mass is 341 g/mol. The number of unbranched alkanes of at least 4 members (excludes halogenated alkanes) is 6. The van der Waals surface area contributed by atoms with Crippen molar-refractivity contribution in [2.45, 2.75) is 64.0 Å². The summed E-state index contributed by atoms with van der Waals surface area (Å²) in [6.45, 7) is 0. The molecule has 0 fully saturated rings. The zero-order chi connectivity index (χ0) is 17.6. The molecular weight excluding hydrogens is 319 g/mol. The van der Waals surface area contributed by atoms with Crippen LogP contribution in [0.3, 0.4) is 0 Å². The third kappa shape index (κ3) is 5.35. The van der Waals surface area contributed by atoms with E-state index in [4.69, 9.17) is 0 Å². The van der Waals surface area contributed by atoms with Crippen LogP contribution in [0, 0.1) is 0 Å². The van der Waals surface area contributed by atoms with Crippen molar-refractivity contribution in [2.75, 3.05) is 0 Å². The molecule has 1 N–H and O–H groups in total. The lowest BCUT2D eigenvalue weighted by molar-refractivity contribution is -0.135. The summed E-state index contributed by atoms with van der Waals surface area (Å²) in [6, 6.07) is 5.31. The van der Waals surface area contributed by atoms with Gasteiger partial charge in [-0.15, -0.1) is 0 Å². The Hall–Kier alpha value is -1.85. The molecular formula is C18H22F3NO2. The van der Waals surface area contributed by atoms with Crippen LogP contribution in [0.4, 0.5) is 13.2 Å². The van der Waals surface area contributed by atoms with Crippen LogP contribution >= 0.6 is 0 Å². The number of halogens is 3. The normalized spacial score (nSPS) is 14.0. The lowest BCUT2D eigenvalue weighted by atomic mass is 9.97. The van der Waals surface area contributed by atoms with Crippen LogP contribution in [0.1, 0.15) is 77.6 Å². The first kappa shape index (κ1) is 18.5. The standard InChI is InChI=1S/C18H22F3NO2/c19-18(20,21)12-7-5-3-1-2-4-6-9-13-10-8-11-14-15(13)17(24)22-16(14)23/h8,10-11H,1-7,9,12H2,(H,22,23,24). The Morgan fingerprint density at radius 2 is 1.46 bits per heavy atom. The predicted octanol–water partition coefficient (Wildman–Crippen LogP) is 4.80. The van der Waals surface area contributed by atoms with Crippen molar-refractivity contribution in [1.82, 2.24) is 5.32 Å². The first-order valence-electron chi connectivity index (χ1n) is 8.43. The van der Waals surface area contributed by atoms with E-state index in [2.05, 4.69) is 5.32 Å². The van der Waals surface area contributed by atoms with E-state index < -0.39 is 12.6 Å². The summed E-state index contributed by atoms with van der Waals surface area (Å²) in [5, 5.41) is 2.31. The number of nitrogens with one attached hydrogen (secondary N) is 1. The maximum Gasteiger partial charge on any atom is 0.389 e. The smallest absolute Gasteiger partial charge is 0.288 e. The molecule has 1 aliphatic heterocycles. The summed E-state index contributed by atoms with van der Waals surface area (Å²) in [6.07, 6.45) is 1.45. The summed E-state index contributed by atoms with van der Waals surface area (Å²) in [5.41, 5.74) is 1.83. The molecule has 24 heavy (non-hydrogen) atoms. The Kier molecular flexibility index (Phi) is 6.40. The SMILES string of the molecule is O=C1NC(=O)c2c(CCCCCCCCCC(F)(F)F)cccc21. The van der Waals surface area contributed by atoms with E-state index in [1.807, 2.05) is 6.07 Å². The third-order valence-corrected chi connectivity index (χ3v) is 4.26. The molecule has 0 radical (unpaired) electrons. The van der Waals surface area contributed by atoms with Gasteiger partial charge in [-0.25, -0.2) is 0 Å². The Morgan fingerprint density at radius 3 is 2.12 bits per heavy atom. The number of amides is 2. The van der Waals surface area contributed by atoms with Crippen molar-refractivity contribution in [1.29, 1.82) is 0 Å². The molecule has 0 saturated heterocycles. The second kappa shape index (κ2) is 8.31. The van der Waals surface area contributed by atoms with E-state index in [-0.39, 0.29) is 18.2 Å². The average molecular weight is 341 g/mol. The highest BCUT2D eigenvalue weighted by Crippen LogP contribution is 2.24. The molecule has 1 aromatic rings. The number of rotatable bonds is 9. The van der Waals surface area contributed by atoms with E-state index in [9.17, 15) is 22.8 Å². The van der Waals surface area contributed by atoms with Gasteiger partial charge < -0.3 is 0 Å². The van der Waals surface area contributed by atoms with Gasteiger partial charge in [-0.3, -0.25) is 14.9 Å². The Labute approximate surface area is 139 Å². The molecule has 6 heteroatoms. The van der Waals surface area contributed by atoms with Crippen molar-refractivity contribution in [3.05, 3.63) is 34.9 Å². The zero-order valence-electron chi connectivity index (χ0n) is 13.5. The Bertz CT molecular complexity index is 596. The molecule has 0 spiro atoms. The molecule has 0 atom stereocenters. The number of hydrogen-bond acceptors (Lipinski definition) is 2. The minimum atomic E-state index is -4.04. The van der Waals surface area contributed by atoms with Crippen molar-refractivity contribution < 1.29 is 22.8 Å². The quantitative estimate of drug-likeness (QED) is 0.518. The van der Waals surface area contributed by atoms with Crippen LogP contribution in [-0.2, 0) is 6.42 Å². The van der Waals surface area contributed by atoms with E-state index in [0.717, 1.165) is 44.1 Å². The largest absolute Gasteiger partial charge is 0.389 e. The number of imide groups is 1. The van der Waals surface area contributed by atoms with Gasteiger partial charge in [0.1, 0.15) is 0 Å². The van der Waals surface area contributed by atoms with E-state index in [1.54, 1.807) is 12.1 Å². The lowest BCUT2D eigenvalue weighted by Crippen LogP contribution is -2.20. The predicted molar refractivity (Wildman–Crippen MR) is 84.9 cm³/mol. The van der Waals surface area contributed by atoms with Gasteiger partial charge in [0.05, 0.1) is 11.1 Å². The fourth-order valence-corrected chi connectivity index (χ4v) is 3.02. The highest BCUT2D eigenvalue weighted by molar-refractivity contribution is 6.22. The second-order valence-electron chi connectivity index (χ2n) is 6.21. The number of fused-ring (bicyclic) bond motifs is 1. The number of aryl methyl sites for hydroxylation is 1. The first-order chi connectivity index (χ1) is 11.4. The van der Waals surface area contributed by atoms with Gasteiger partial charge in [0.15, 0.2) is 0 Å². The van der Waals surface area contributed by atoms with Gasteiger partial charge in [-0.1, -0.05) is 44.2 Å². The van der Waals surface area contributed by atoms with Crippen LogP contribution in [-0.4, -0.2) is 18.0 Å². The summed E-state index contributed by atoms with van der Waals surface area (Å²) < 4.78 is 36.0. The van der Waals surface area contributed by atoms with Crippen LogP contribution in [0.15, 0.2) is 18.2 Å². The first-order valence-corrected chi connectivity index (χ1v) is 8.43. The number of carbonyl (C=O) groups is 2. The summed E-state index contributed by atoms with van der Waals surface area (Å²) >= 11 is 0. The maximum atomic E-state index is 12.0. The van der Waals surface area contributed by atoms with Gasteiger partial charge in [0, 0.05) is 6.42 Å². The minimum absolute atomic E-state index is 0.211. The van der Waals surface area contributed by atoms with Crippen LogP contribution in [0.5, 0.6) is 0 Å². The van der Waals surface area contributed by atoms with Gasteiger partial charge in [-0.2, -0.15) is 13.2 Å².